The van der Waals surface area contributed by atoms with E-state index in [9.17, 15) is 0 Å². The van der Waals surface area contributed by atoms with Gasteiger partial charge in [0.25, 0.3) is 0 Å². The Labute approximate surface area is 343 Å². The molecule has 0 unspecified atom stereocenters. The molecule has 5 aliphatic rings. The van der Waals surface area contributed by atoms with Crippen molar-refractivity contribution in [3.05, 3.63) is 175 Å². The van der Waals surface area contributed by atoms with Crippen LogP contribution in [-0.2, 0) is 5.41 Å². The van der Waals surface area contributed by atoms with E-state index in [0.29, 0.717) is 29.3 Å². The summed E-state index contributed by atoms with van der Waals surface area (Å²) in [7, 11) is 0. The van der Waals surface area contributed by atoms with Crippen LogP contribution in [-0.4, -0.2) is 15.0 Å². The summed E-state index contributed by atoms with van der Waals surface area (Å²) in [4.78, 5) is 15.3. The fourth-order valence-corrected chi connectivity index (χ4v) is 12.4. The van der Waals surface area contributed by atoms with Crippen LogP contribution in [0.4, 0.5) is 0 Å². The van der Waals surface area contributed by atoms with Gasteiger partial charge in [0.05, 0.1) is 0 Å². The first-order chi connectivity index (χ1) is 29.2. The number of hydrogen-bond donors (Lipinski definition) is 0. The average molecular weight is 760 g/mol. The molecule has 4 bridgehead atoms. The second-order valence-corrected chi connectivity index (χ2v) is 17.6. The maximum atomic E-state index is 6.70. The highest BCUT2D eigenvalue weighted by Gasteiger charge is 2.62. The largest absolute Gasteiger partial charge is 0.456 e. The molecule has 282 valence electrons. The summed E-state index contributed by atoms with van der Waals surface area (Å²) in [6, 6.07) is 58.8. The molecule has 0 saturated heterocycles. The van der Waals surface area contributed by atoms with Gasteiger partial charge in [-0.15, -0.1) is 0 Å². The zero-order chi connectivity index (χ0) is 38.7. The monoisotopic (exact) mass is 759 g/mol. The van der Waals surface area contributed by atoms with Crippen LogP contribution >= 0.6 is 0 Å². The highest BCUT2D eigenvalue weighted by Crippen LogP contribution is 2.70. The zero-order valence-electron chi connectivity index (χ0n) is 32.7. The van der Waals surface area contributed by atoms with Gasteiger partial charge in [-0.2, -0.15) is 0 Å². The minimum Gasteiger partial charge on any atom is -0.456 e. The molecular weight excluding hydrogens is 719 g/mol. The molecule has 0 aliphatic heterocycles. The minimum absolute atomic E-state index is 0.0528. The van der Waals surface area contributed by atoms with Crippen LogP contribution in [0.2, 0.25) is 0 Å². The van der Waals surface area contributed by atoms with Gasteiger partial charge in [0, 0.05) is 32.9 Å². The topological polar surface area (TPSA) is 51.8 Å². The zero-order valence-corrected chi connectivity index (χ0v) is 32.7. The Balaban J connectivity index is 0.988. The number of benzene rings is 7. The highest BCUT2D eigenvalue weighted by molar-refractivity contribution is 6.14. The summed E-state index contributed by atoms with van der Waals surface area (Å²) >= 11 is 0. The van der Waals surface area contributed by atoms with Gasteiger partial charge in [0.1, 0.15) is 11.2 Å². The van der Waals surface area contributed by atoms with Crippen molar-refractivity contribution in [3.8, 4) is 67.5 Å². The molecule has 5 aliphatic carbocycles. The van der Waals surface area contributed by atoms with E-state index in [-0.39, 0.29) is 5.41 Å². The molecule has 4 fully saturated rings. The summed E-state index contributed by atoms with van der Waals surface area (Å²) in [6.07, 6.45) is 6.86. The molecule has 0 N–H and O–H groups in total. The first-order valence-corrected chi connectivity index (χ1v) is 21.4. The number of hydrogen-bond acceptors (Lipinski definition) is 4. The lowest BCUT2D eigenvalue weighted by molar-refractivity contribution is -0.0397. The van der Waals surface area contributed by atoms with Crippen LogP contribution in [0, 0.1) is 23.7 Å². The van der Waals surface area contributed by atoms with Crippen LogP contribution in [0.15, 0.2) is 168 Å². The second kappa shape index (κ2) is 12.7. The number of aromatic nitrogens is 3. The summed E-state index contributed by atoms with van der Waals surface area (Å²) in [6.45, 7) is 0. The Morgan fingerprint density at radius 3 is 1.63 bits per heavy atom. The van der Waals surface area contributed by atoms with Crippen molar-refractivity contribution in [2.75, 3.05) is 0 Å². The Kier molecular flexibility index (Phi) is 7.16. The molecule has 0 atom stereocenters. The quantitative estimate of drug-likeness (QED) is 0.175. The third-order valence-electron chi connectivity index (χ3n) is 14.5. The maximum Gasteiger partial charge on any atom is 0.164 e. The van der Waals surface area contributed by atoms with Crippen LogP contribution in [0.3, 0.4) is 0 Å². The van der Waals surface area contributed by atoms with Crippen LogP contribution < -0.4 is 0 Å². The maximum absolute atomic E-state index is 6.70. The third-order valence-corrected chi connectivity index (χ3v) is 14.5. The molecule has 4 nitrogen and oxygen atoms in total. The lowest BCUT2D eigenvalue weighted by atomic mass is 9.42. The van der Waals surface area contributed by atoms with E-state index in [1.54, 1.807) is 11.1 Å². The normalized spacial score (nSPS) is 22.3. The van der Waals surface area contributed by atoms with Crippen molar-refractivity contribution in [3.63, 3.8) is 0 Å². The molecule has 4 heteroatoms. The standard InChI is InChI=1S/C55H41N3O/c1-3-11-35(12-4-1)36-21-23-38(24-22-36)53-56-52(37-13-5-2-6-14-37)57-54(58-53)39-25-26-48-46(32-39)50-43(16-10-20-49(50)59-48)45-18-9-17-44-42-15-7-8-19-47(42)55(51(44)45)40-28-33-27-34(30-40)31-41(55)29-33/h1-26,32-34,40-41H,27-31H2. The Morgan fingerprint density at radius 1 is 0.407 bits per heavy atom. The van der Waals surface area contributed by atoms with Crippen molar-refractivity contribution < 1.29 is 4.42 Å². The third kappa shape index (κ3) is 4.93. The smallest absolute Gasteiger partial charge is 0.164 e. The minimum atomic E-state index is 0.0528. The average Bonchev–Trinajstić information content (AvgIpc) is 3.82. The lowest BCUT2D eigenvalue weighted by Crippen LogP contribution is -2.55. The van der Waals surface area contributed by atoms with Crippen molar-refractivity contribution in [1.29, 1.82) is 0 Å². The molecule has 0 radical (unpaired) electrons. The molecule has 2 aromatic heterocycles. The molecular formula is C55H41N3O. The molecule has 1 spiro atoms. The summed E-state index contributed by atoms with van der Waals surface area (Å²) in [5.74, 6) is 5.07. The number of furan rings is 1. The Hall–Kier alpha value is -6.65. The lowest BCUT2D eigenvalue weighted by Gasteiger charge is -2.61. The van der Waals surface area contributed by atoms with Gasteiger partial charge in [-0.05, 0) is 125 Å². The van der Waals surface area contributed by atoms with Gasteiger partial charge in [-0.3, -0.25) is 0 Å². The SMILES string of the molecule is c1ccc(-c2ccc(-c3nc(-c4ccccc4)nc(-c4ccc5oc6cccc(-c7cccc8c7C7(c9ccccc9-8)C8CC9CC(C8)CC7C9)c6c5c4)n3)cc2)cc1. The Bertz CT molecular complexity index is 3080. The van der Waals surface area contributed by atoms with E-state index in [2.05, 4.69) is 140 Å². The molecule has 4 saturated carbocycles. The van der Waals surface area contributed by atoms with Gasteiger partial charge in [0.15, 0.2) is 17.5 Å². The van der Waals surface area contributed by atoms with E-state index in [1.807, 2.05) is 24.3 Å². The summed E-state index contributed by atoms with van der Waals surface area (Å²) in [5, 5.41) is 2.23. The molecule has 0 amide bonds. The number of rotatable bonds is 5. The van der Waals surface area contributed by atoms with Crippen molar-refractivity contribution in [1.82, 2.24) is 15.0 Å². The number of fused-ring (bicyclic) bond motifs is 6. The van der Waals surface area contributed by atoms with E-state index in [0.717, 1.165) is 56.0 Å². The first-order valence-electron chi connectivity index (χ1n) is 21.4. The molecule has 7 aromatic carbocycles. The van der Waals surface area contributed by atoms with Crippen LogP contribution in [0.1, 0.15) is 43.2 Å². The van der Waals surface area contributed by atoms with Gasteiger partial charge >= 0.3 is 0 Å². The fourth-order valence-electron chi connectivity index (χ4n) is 12.4. The number of nitrogens with zero attached hydrogens (tertiary/aromatic N) is 3. The van der Waals surface area contributed by atoms with Gasteiger partial charge < -0.3 is 4.42 Å². The summed E-state index contributed by atoms with van der Waals surface area (Å²) in [5.41, 5.74) is 15.6. The van der Waals surface area contributed by atoms with Crippen molar-refractivity contribution in [2.24, 2.45) is 23.7 Å². The molecule has 2 heterocycles. The van der Waals surface area contributed by atoms with Crippen molar-refractivity contribution >= 4 is 21.9 Å². The fraction of sp³-hybridized carbons (Fsp3) is 0.182. The summed E-state index contributed by atoms with van der Waals surface area (Å²) < 4.78 is 6.70. The first kappa shape index (κ1) is 33.3. The Morgan fingerprint density at radius 2 is 0.915 bits per heavy atom. The van der Waals surface area contributed by atoms with Crippen molar-refractivity contribution in [2.45, 2.75) is 37.5 Å². The van der Waals surface area contributed by atoms with Gasteiger partial charge in [-0.1, -0.05) is 140 Å². The van der Waals surface area contributed by atoms with Gasteiger partial charge in [0.2, 0.25) is 0 Å². The highest BCUT2D eigenvalue weighted by atomic mass is 16.3. The second-order valence-electron chi connectivity index (χ2n) is 17.6. The predicted molar refractivity (Wildman–Crippen MR) is 238 cm³/mol. The van der Waals surface area contributed by atoms with Gasteiger partial charge in [-0.25, -0.2) is 15.0 Å². The van der Waals surface area contributed by atoms with Crippen LogP contribution in [0.25, 0.3) is 89.5 Å². The van der Waals surface area contributed by atoms with E-state index in [1.165, 1.54) is 59.9 Å². The van der Waals surface area contributed by atoms with Crippen LogP contribution in [0.5, 0.6) is 0 Å². The molecule has 59 heavy (non-hydrogen) atoms. The van der Waals surface area contributed by atoms with E-state index < -0.39 is 0 Å². The molecule has 14 rings (SSSR count). The molecule has 9 aromatic rings. The predicted octanol–water partition coefficient (Wildman–Crippen LogP) is 13.8. The van der Waals surface area contributed by atoms with E-state index >= 15 is 0 Å². The van der Waals surface area contributed by atoms with E-state index in [4.69, 9.17) is 19.4 Å².